The van der Waals surface area contributed by atoms with Crippen LogP contribution >= 0.6 is 0 Å². The Labute approximate surface area is 126 Å². The molecule has 0 radical (unpaired) electrons. The lowest BCUT2D eigenvalue weighted by Crippen LogP contribution is -2.35. The van der Waals surface area contributed by atoms with Gasteiger partial charge in [0.15, 0.2) is 0 Å². The van der Waals surface area contributed by atoms with Gasteiger partial charge in [0.05, 0.1) is 19.1 Å². The van der Waals surface area contributed by atoms with Crippen molar-refractivity contribution < 1.29 is 9.53 Å². The summed E-state index contributed by atoms with van der Waals surface area (Å²) < 4.78 is 5.84. The Balaban J connectivity index is 1.67. The van der Waals surface area contributed by atoms with Crippen LogP contribution in [0.4, 0.5) is 0 Å². The van der Waals surface area contributed by atoms with Crippen LogP contribution in [0.3, 0.4) is 0 Å². The molecular weight excluding hydrogens is 264 g/mol. The third kappa shape index (κ3) is 2.97. The van der Waals surface area contributed by atoms with Crippen LogP contribution in [0.1, 0.15) is 37.0 Å². The number of fused-ring (bicyclic) bond motifs is 1. The SMILES string of the molecule is CC1(CN)CCN(C(=O)CC2OCCc3ccccc32)C1. The summed E-state index contributed by atoms with van der Waals surface area (Å²) in [6.07, 6.45) is 2.29. The molecule has 0 aliphatic carbocycles. The first-order valence-corrected chi connectivity index (χ1v) is 7.78. The van der Waals surface area contributed by atoms with Gasteiger partial charge in [-0.3, -0.25) is 4.79 Å². The number of amides is 1. The Hall–Kier alpha value is -1.39. The summed E-state index contributed by atoms with van der Waals surface area (Å²) in [6, 6.07) is 8.29. The molecule has 0 bridgehead atoms. The van der Waals surface area contributed by atoms with E-state index in [0.29, 0.717) is 19.6 Å². The second-order valence-corrected chi connectivity index (χ2v) is 6.59. The molecule has 2 aliphatic heterocycles. The first-order valence-electron chi connectivity index (χ1n) is 7.78. The summed E-state index contributed by atoms with van der Waals surface area (Å²) in [5.41, 5.74) is 8.39. The van der Waals surface area contributed by atoms with Gasteiger partial charge in [0.1, 0.15) is 0 Å². The Morgan fingerprint density at radius 1 is 1.48 bits per heavy atom. The highest BCUT2D eigenvalue weighted by atomic mass is 16.5. The van der Waals surface area contributed by atoms with Gasteiger partial charge in [-0.15, -0.1) is 0 Å². The molecule has 1 aromatic rings. The third-order valence-corrected chi connectivity index (χ3v) is 4.86. The molecule has 1 saturated heterocycles. The van der Waals surface area contributed by atoms with Crippen molar-refractivity contribution in [2.24, 2.45) is 11.1 Å². The lowest BCUT2D eigenvalue weighted by atomic mass is 9.90. The van der Waals surface area contributed by atoms with Crippen molar-refractivity contribution in [3.05, 3.63) is 35.4 Å². The van der Waals surface area contributed by atoms with Crippen molar-refractivity contribution in [3.8, 4) is 0 Å². The van der Waals surface area contributed by atoms with E-state index < -0.39 is 0 Å². The fourth-order valence-corrected chi connectivity index (χ4v) is 3.34. The van der Waals surface area contributed by atoms with Gasteiger partial charge < -0.3 is 15.4 Å². The zero-order chi connectivity index (χ0) is 14.9. The highest BCUT2D eigenvalue weighted by Gasteiger charge is 2.36. The fourth-order valence-electron chi connectivity index (χ4n) is 3.34. The molecule has 4 nitrogen and oxygen atoms in total. The van der Waals surface area contributed by atoms with E-state index in [0.717, 1.165) is 25.9 Å². The third-order valence-electron chi connectivity index (χ3n) is 4.86. The Morgan fingerprint density at radius 2 is 2.29 bits per heavy atom. The number of benzene rings is 1. The zero-order valence-electron chi connectivity index (χ0n) is 12.7. The van der Waals surface area contributed by atoms with Crippen molar-refractivity contribution in [1.29, 1.82) is 0 Å². The number of ether oxygens (including phenoxy) is 1. The van der Waals surface area contributed by atoms with E-state index in [9.17, 15) is 4.79 Å². The minimum absolute atomic E-state index is 0.0843. The molecule has 2 N–H and O–H groups in total. The summed E-state index contributed by atoms with van der Waals surface area (Å²) in [4.78, 5) is 14.5. The van der Waals surface area contributed by atoms with Crippen molar-refractivity contribution in [1.82, 2.24) is 4.90 Å². The van der Waals surface area contributed by atoms with Crippen molar-refractivity contribution in [2.45, 2.75) is 32.3 Å². The predicted octanol–water partition coefficient (Wildman–Crippen LogP) is 1.89. The molecule has 0 saturated carbocycles. The van der Waals surface area contributed by atoms with E-state index in [1.807, 2.05) is 11.0 Å². The first-order chi connectivity index (χ1) is 10.1. The molecule has 1 fully saturated rings. The second-order valence-electron chi connectivity index (χ2n) is 6.59. The van der Waals surface area contributed by atoms with E-state index in [2.05, 4.69) is 25.1 Å². The van der Waals surface area contributed by atoms with E-state index in [1.54, 1.807) is 0 Å². The fraction of sp³-hybridized carbons (Fsp3) is 0.588. The Bertz CT molecular complexity index is 531. The smallest absolute Gasteiger partial charge is 0.225 e. The molecule has 0 spiro atoms. The van der Waals surface area contributed by atoms with Gasteiger partial charge in [-0.05, 0) is 35.9 Å². The first kappa shape index (κ1) is 14.5. The van der Waals surface area contributed by atoms with Crippen LogP contribution in [-0.2, 0) is 16.0 Å². The van der Waals surface area contributed by atoms with Crippen LogP contribution in [0.15, 0.2) is 24.3 Å². The van der Waals surface area contributed by atoms with Gasteiger partial charge >= 0.3 is 0 Å². The van der Waals surface area contributed by atoms with Crippen LogP contribution in [0.2, 0.25) is 0 Å². The Morgan fingerprint density at radius 3 is 3.05 bits per heavy atom. The van der Waals surface area contributed by atoms with E-state index in [-0.39, 0.29) is 17.4 Å². The van der Waals surface area contributed by atoms with Gasteiger partial charge in [-0.1, -0.05) is 31.2 Å². The number of likely N-dealkylation sites (tertiary alicyclic amines) is 1. The van der Waals surface area contributed by atoms with E-state index in [4.69, 9.17) is 10.5 Å². The molecule has 2 aliphatic rings. The van der Waals surface area contributed by atoms with E-state index >= 15 is 0 Å². The maximum Gasteiger partial charge on any atom is 0.225 e. The minimum Gasteiger partial charge on any atom is -0.373 e. The van der Waals surface area contributed by atoms with Crippen molar-refractivity contribution in [2.75, 3.05) is 26.2 Å². The molecule has 3 rings (SSSR count). The lowest BCUT2D eigenvalue weighted by molar-refractivity contribution is -0.134. The maximum absolute atomic E-state index is 12.5. The number of nitrogens with zero attached hydrogens (tertiary/aromatic N) is 1. The number of hydrogen-bond acceptors (Lipinski definition) is 3. The minimum atomic E-state index is -0.0906. The van der Waals surface area contributed by atoms with Crippen LogP contribution in [0.25, 0.3) is 0 Å². The van der Waals surface area contributed by atoms with Crippen molar-refractivity contribution >= 4 is 5.91 Å². The summed E-state index contributed by atoms with van der Waals surface area (Å²) >= 11 is 0. The highest BCUT2D eigenvalue weighted by molar-refractivity contribution is 5.77. The Kier molecular flexibility index (Phi) is 4.00. The molecule has 1 aromatic carbocycles. The van der Waals surface area contributed by atoms with E-state index in [1.165, 1.54) is 11.1 Å². The van der Waals surface area contributed by atoms with Crippen LogP contribution in [-0.4, -0.2) is 37.0 Å². The summed E-state index contributed by atoms with van der Waals surface area (Å²) in [6.45, 7) is 5.10. The van der Waals surface area contributed by atoms with Crippen LogP contribution in [0.5, 0.6) is 0 Å². The molecule has 114 valence electrons. The number of carbonyl (C=O) groups is 1. The van der Waals surface area contributed by atoms with Crippen LogP contribution < -0.4 is 5.73 Å². The van der Waals surface area contributed by atoms with Gasteiger partial charge in [0.2, 0.25) is 5.91 Å². The topological polar surface area (TPSA) is 55.6 Å². The standard InChI is InChI=1S/C17H24N2O2/c1-17(11-18)7-8-19(12-17)16(20)10-15-14-5-3-2-4-13(14)6-9-21-15/h2-5,15H,6-12,18H2,1H3. The highest BCUT2D eigenvalue weighted by Crippen LogP contribution is 2.33. The summed E-state index contributed by atoms with van der Waals surface area (Å²) in [5.74, 6) is 0.189. The monoisotopic (exact) mass is 288 g/mol. The molecular formula is C17H24N2O2. The molecule has 2 unspecified atom stereocenters. The van der Waals surface area contributed by atoms with Gasteiger partial charge in [0.25, 0.3) is 0 Å². The van der Waals surface area contributed by atoms with Gasteiger partial charge in [0, 0.05) is 13.1 Å². The largest absolute Gasteiger partial charge is 0.373 e. The second kappa shape index (κ2) is 5.78. The molecule has 0 aromatic heterocycles. The lowest BCUT2D eigenvalue weighted by Gasteiger charge is -2.28. The molecule has 2 heterocycles. The normalized spacial score (nSPS) is 28.5. The number of nitrogens with two attached hydrogens (primary N) is 1. The zero-order valence-corrected chi connectivity index (χ0v) is 12.7. The van der Waals surface area contributed by atoms with Crippen LogP contribution in [0, 0.1) is 5.41 Å². The number of rotatable bonds is 3. The molecule has 21 heavy (non-hydrogen) atoms. The van der Waals surface area contributed by atoms with Gasteiger partial charge in [-0.2, -0.15) is 0 Å². The number of carbonyl (C=O) groups excluding carboxylic acids is 1. The number of hydrogen-bond donors (Lipinski definition) is 1. The predicted molar refractivity (Wildman–Crippen MR) is 81.8 cm³/mol. The van der Waals surface area contributed by atoms with Gasteiger partial charge in [-0.25, -0.2) is 0 Å². The average molecular weight is 288 g/mol. The molecule has 4 heteroatoms. The molecule has 1 amide bonds. The quantitative estimate of drug-likeness (QED) is 0.924. The van der Waals surface area contributed by atoms with Crippen molar-refractivity contribution in [3.63, 3.8) is 0 Å². The maximum atomic E-state index is 12.5. The summed E-state index contributed by atoms with van der Waals surface area (Å²) in [5, 5.41) is 0. The molecule has 2 atom stereocenters. The summed E-state index contributed by atoms with van der Waals surface area (Å²) in [7, 11) is 0. The average Bonchev–Trinajstić information content (AvgIpc) is 2.91.